The largest absolute Gasteiger partial charge is 0.455 e. The van der Waals surface area contributed by atoms with Crippen LogP contribution in [0.25, 0.3) is 88.3 Å². The van der Waals surface area contributed by atoms with Gasteiger partial charge in [-0.1, -0.05) is 209 Å². The predicted molar refractivity (Wildman–Crippen MR) is 305 cm³/mol. The molecule has 0 N–H and O–H groups in total. The lowest BCUT2D eigenvalue weighted by Crippen LogP contribution is -2.27. The average molecular weight is 932 g/mol. The topological polar surface area (TPSA) is 16.4 Å². The molecule has 0 saturated heterocycles. The highest BCUT2D eigenvalue weighted by Crippen LogP contribution is 2.65. The predicted octanol–water partition coefficient (Wildman–Crippen LogP) is 18.8. The van der Waals surface area contributed by atoms with Crippen LogP contribution >= 0.6 is 0 Å². The van der Waals surface area contributed by atoms with Crippen LogP contribution < -0.4 is 4.90 Å². The first-order valence-electron chi connectivity index (χ1n) is 25.3. The highest BCUT2D eigenvalue weighted by atomic mass is 16.3. The summed E-state index contributed by atoms with van der Waals surface area (Å²) < 4.78 is 6.49. The molecule has 12 aromatic rings. The van der Waals surface area contributed by atoms with Gasteiger partial charge >= 0.3 is 0 Å². The summed E-state index contributed by atoms with van der Waals surface area (Å²) in [6, 6.07) is 86.8. The molecule has 2 aliphatic rings. The Labute approximate surface area is 426 Å². The van der Waals surface area contributed by atoms with Gasteiger partial charge in [-0.3, -0.25) is 0 Å². The first kappa shape index (κ1) is 42.7. The summed E-state index contributed by atoms with van der Waals surface area (Å²) in [5.41, 5.74) is 23.8. The van der Waals surface area contributed by atoms with Gasteiger partial charge in [0.25, 0.3) is 0 Å². The molecular weight excluding hydrogens is 883 g/mol. The van der Waals surface area contributed by atoms with E-state index in [4.69, 9.17) is 10.8 Å². The van der Waals surface area contributed by atoms with Gasteiger partial charge in [0.05, 0.1) is 11.1 Å². The maximum atomic E-state index is 6.49. The third-order valence-corrected chi connectivity index (χ3v) is 15.7. The van der Waals surface area contributed by atoms with E-state index in [9.17, 15) is 0 Å². The van der Waals surface area contributed by atoms with E-state index in [0.717, 1.165) is 72.2 Å². The van der Waals surface area contributed by atoms with Gasteiger partial charge in [0.2, 0.25) is 0 Å². The molecule has 11 aromatic carbocycles. The molecule has 73 heavy (non-hydrogen) atoms. The van der Waals surface area contributed by atoms with Gasteiger partial charge in [-0.05, 0) is 143 Å². The van der Waals surface area contributed by atoms with Crippen molar-refractivity contribution < 1.29 is 4.42 Å². The second kappa shape index (κ2) is 16.2. The highest BCUT2D eigenvalue weighted by molar-refractivity contribution is 6.10. The van der Waals surface area contributed by atoms with E-state index in [0.29, 0.717) is 0 Å². The van der Waals surface area contributed by atoms with Crippen LogP contribution in [0, 0.1) is 12.3 Å². The second-order valence-electron chi connectivity index (χ2n) is 20.7. The summed E-state index contributed by atoms with van der Waals surface area (Å²) in [6.07, 6.45) is 6.21. The number of hydrogen-bond donors (Lipinski definition) is 0. The molecular formula is C71H49NO. The van der Waals surface area contributed by atoms with Gasteiger partial charge in [0.1, 0.15) is 11.2 Å². The maximum Gasteiger partial charge on any atom is 0.143 e. The van der Waals surface area contributed by atoms with Crippen LogP contribution in [-0.4, -0.2) is 0 Å². The fraction of sp³-hybridized carbons (Fsp3) is 0.0704. The van der Waals surface area contributed by atoms with Crippen LogP contribution in [0.1, 0.15) is 54.2 Å². The molecule has 344 valence electrons. The van der Waals surface area contributed by atoms with Gasteiger partial charge in [0.15, 0.2) is 0 Å². The van der Waals surface area contributed by atoms with Crippen molar-refractivity contribution in [3.63, 3.8) is 0 Å². The Morgan fingerprint density at radius 3 is 1.86 bits per heavy atom. The molecule has 0 saturated carbocycles. The quantitative estimate of drug-likeness (QED) is 0.155. The monoisotopic (exact) mass is 931 g/mol. The molecule has 2 nitrogen and oxygen atoms in total. The minimum atomic E-state index is -0.569. The number of furan rings is 1. The summed E-state index contributed by atoms with van der Waals surface area (Å²) in [6.45, 7) is 6.93. The number of fused-ring (bicyclic) bond motifs is 14. The number of benzene rings is 11. The first-order valence-corrected chi connectivity index (χ1v) is 25.3. The smallest absolute Gasteiger partial charge is 0.143 e. The fourth-order valence-corrected chi connectivity index (χ4v) is 12.3. The van der Waals surface area contributed by atoms with Crippen molar-refractivity contribution in [1.82, 2.24) is 0 Å². The van der Waals surface area contributed by atoms with Crippen molar-refractivity contribution in [3.05, 3.63) is 270 Å². The lowest BCUT2D eigenvalue weighted by atomic mass is 9.67. The van der Waals surface area contributed by atoms with E-state index < -0.39 is 5.41 Å². The molecule has 1 aromatic heterocycles. The number of terminal acetylenes is 1. The fourth-order valence-electron chi connectivity index (χ4n) is 12.3. The van der Waals surface area contributed by atoms with Crippen LogP contribution in [0.3, 0.4) is 0 Å². The zero-order valence-electron chi connectivity index (χ0n) is 40.9. The molecule has 0 aliphatic heterocycles. The molecule has 0 radical (unpaired) electrons. The van der Waals surface area contributed by atoms with Crippen LogP contribution in [0.5, 0.6) is 0 Å². The van der Waals surface area contributed by atoms with Crippen molar-refractivity contribution in [3.8, 4) is 68.0 Å². The SMILES string of the molecule is C#Cc1ccc2c(c1)C1(c3cc(C(C)(C)C)ccc3-2)c2ccccc2-c2cccc(-c3ccc4cc(N(c5ccc(-c6cccc7c6oc6ccccc67)cc5)c5ccccc5-c5ccccc5)ccc4c3)c21. The zero-order chi connectivity index (χ0) is 49.0. The van der Waals surface area contributed by atoms with E-state index in [1.165, 1.54) is 66.6 Å². The third-order valence-electron chi connectivity index (χ3n) is 15.7. The molecule has 1 unspecified atom stereocenters. The zero-order valence-corrected chi connectivity index (χ0v) is 40.9. The van der Waals surface area contributed by atoms with Crippen LogP contribution in [0.15, 0.2) is 241 Å². The van der Waals surface area contributed by atoms with E-state index in [1.807, 2.05) is 12.1 Å². The van der Waals surface area contributed by atoms with Crippen LogP contribution in [0.2, 0.25) is 0 Å². The Balaban J connectivity index is 0.924. The summed E-state index contributed by atoms with van der Waals surface area (Å²) in [5, 5.41) is 4.58. The molecule has 0 bridgehead atoms. The Morgan fingerprint density at radius 2 is 1.03 bits per heavy atom. The molecule has 0 fully saturated rings. The third kappa shape index (κ3) is 6.45. The lowest BCUT2D eigenvalue weighted by molar-refractivity contribution is 0.588. The number of rotatable bonds is 6. The van der Waals surface area contributed by atoms with Crippen molar-refractivity contribution in [1.29, 1.82) is 0 Å². The summed E-state index contributed by atoms with van der Waals surface area (Å²) in [4.78, 5) is 2.40. The number of anilines is 3. The Hall–Kier alpha value is -9.16. The van der Waals surface area contributed by atoms with Crippen molar-refractivity contribution in [2.75, 3.05) is 4.90 Å². The molecule has 1 spiro atoms. The number of hydrogen-bond acceptors (Lipinski definition) is 2. The van der Waals surface area contributed by atoms with Crippen molar-refractivity contribution >= 4 is 49.8 Å². The van der Waals surface area contributed by atoms with Crippen molar-refractivity contribution in [2.45, 2.75) is 31.6 Å². The van der Waals surface area contributed by atoms with Gasteiger partial charge in [-0.2, -0.15) is 0 Å². The number of para-hydroxylation sites is 3. The normalized spacial score (nSPS) is 14.3. The first-order chi connectivity index (χ1) is 35.8. The summed E-state index contributed by atoms with van der Waals surface area (Å²) in [5.74, 6) is 3.00. The number of nitrogens with zero attached hydrogens (tertiary/aromatic N) is 1. The molecule has 1 heterocycles. The van der Waals surface area contributed by atoms with Crippen LogP contribution in [-0.2, 0) is 10.8 Å². The summed E-state index contributed by atoms with van der Waals surface area (Å²) >= 11 is 0. The van der Waals surface area contributed by atoms with E-state index >= 15 is 0 Å². The van der Waals surface area contributed by atoms with E-state index in [2.05, 4.69) is 256 Å². The van der Waals surface area contributed by atoms with Gasteiger partial charge in [-0.25, -0.2) is 0 Å². The lowest BCUT2D eigenvalue weighted by Gasteiger charge is -2.33. The summed E-state index contributed by atoms with van der Waals surface area (Å²) in [7, 11) is 0. The molecule has 1 atom stereocenters. The molecule has 0 amide bonds. The Kier molecular flexibility index (Phi) is 9.47. The minimum Gasteiger partial charge on any atom is -0.455 e. The molecule has 14 rings (SSSR count). The van der Waals surface area contributed by atoms with E-state index in [1.54, 1.807) is 0 Å². The Morgan fingerprint density at radius 1 is 0.425 bits per heavy atom. The van der Waals surface area contributed by atoms with Gasteiger partial charge < -0.3 is 9.32 Å². The standard InChI is InChI=1S/C71H49NO/c1-5-45-29-39-58-59-40-35-51(70(2,3)4)44-65(59)71(64(58)41-45)63-26-12-9-20-57(63)61-24-15-22-55(68(61)71)50-31-30-49-43-53(38-34-48(49)42-50)72(66-27-13-10-19-54(66)46-17-7-6-8-18-46)52-36-32-47(33-37-52)56-23-16-25-62-60-21-11-14-28-67(60)73-69(56)62/h1,6-44H,2-4H3. The maximum absolute atomic E-state index is 6.49. The second-order valence-corrected chi connectivity index (χ2v) is 20.7. The molecule has 2 aliphatic carbocycles. The van der Waals surface area contributed by atoms with Gasteiger partial charge in [0, 0.05) is 38.8 Å². The van der Waals surface area contributed by atoms with Gasteiger partial charge in [-0.15, -0.1) is 6.42 Å². The highest BCUT2D eigenvalue weighted by Gasteiger charge is 2.53. The Bertz CT molecular complexity index is 4250. The van der Waals surface area contributed by atoms with E-state index in [-0.39, 0.29) is 5.41 Å². The average Bonchev–Trinajstić information content (AvgIpc) is 4.07. The van der Waals surface area contributed by atoms with Crippen molar-refractivity contribution in [2.24, 2.45) is 0 Å². The molecule has 2 heteroatoms. The van der Waals surface area contributed by atoms with Crippen LogP contribution in [0.4, 0.5) is 17.1 Å². The minimum absolute atomic E-state index is 0.0410.